The van der Waals surface area contributed by atoms with Crippen molar-refractivity contribution < 1.29 is 38.1 Å². The van der Waals surface area contributed by atoms with Gasteiger partial charge in [0.1, 0.15) is 30.5 Å². The number of hydrogen-bond donors (Lipinski definition) is 3. The standard InChI is InChI=1S/C36H37N3O8/c1-22(33(41)38-39-34(42)28-18-17-25-13-9-10-16-27(25)19-28)45-32-30(37-23(2)40)36(43-20-24-11-5-3-6-12-24)46-29-21-44-35(47-31(29)32)26-14-7-4-8-15-26/h3-19,22,29-32,35-36H,20-21H2,1-2H3,(H,37,40)(H,38,41)(H,39,42)/t22?,29-,30-,31-,32-,35+,36+/m1/s1. The number of hydrazine groups is 1. The Kier molecular flexibility index (Phi) is 10.2. The van der Waals surface area contributed by atoms with Crippen LogP contribution >= 0.6 is 0 Å². The molecule has 0 aromatic heterocycles. The summed E-state index contributed by atoms with van der Waals surface area (Å²) in [7, 11) is 0. The van der Waals surface area contributed by atoms with Gasteiger partial charge in [-0.05, 0) is 35.4 Å². The molecule has 4 aromatic rings. The van der Waals surface area contributed by atoms with Gasteiger partial charge in [0.15, 0.2) is 12.6 Å². The molecule has 47 heavy (non-hydrogen) atoms. The van der Waals surface area contributed by atoms with E-state index in [2.05, 4.69) is 16.2 Å². The lowest BCUT2D eigenvalue weighted by Gasteiger charge is -2.49. The van der Waals surface area contributed by atoms with Gasteiger partial charge in [0.05, 0.1) is 13.2 Å². The summed E-state index contributed by atoms with van der Waals surface area (Å²) in [5.74, 6) is -1.42. The molecule has 244 valence electrons. The Hall–Kier alpha value is -4.65. The zero-order valence-corrected chi connectivity index (χ0v) is 26.0. The fraction of sp³-hybridized carbons (Fsp3) is 0.306. The van der Waals surface area contributed by atoms with Gasteiger partial charge in [0.25, 0.3) is 11.8 Å². The lowest BCUT2D eigenvalue weighted by molar-refractivity contribution is -0.351. The number of carbonyl (C=O) groups excluding carboxylic acids is 3. The Balaban J connectivity index is 1.19. The van der Waals surface area contributed by atoms with Crippen molar-refractivity contribution in [3.63, 3.8) is 0 Å². The van der Waals surface area contributed by atoms with E-state index in [-0.39, 0.29) is 19.1 Å². The van der Waals surface area contributed by atoms with E-state index in [9.17, 15) is 14.4 Å². The molecule has 11 nitrogen and oxygen atoms in total. The zero-order valence-electron chi connectivity index (χ0n) is 26.0. The number of amides is 3. The first-order valence-electron chi connectivity index (χ1n) is 15.5. The van der Waals surface area contributed by atoms with Crippen molar-refractivity contribution in [1.29, 1.82) is 0 Å². The van der Waals surface area contributed by atoms with Gasteiger partial charge in [-0.1, -0.05) is 91.0 Å². The van der Waals surface area contributed by atoms with Crippen molar-refractivity contribution in [1.82, 2.24) is 16.2 Å². The van der Waals surface area contributed by atoms with Crippen LogP contribution in [0.3, 0.4) is 0 Å². The molecule has 0 saturated carbocycles. The molecule has 2 heterocycles. The van der Waals surface area contributed by atoms with E-state index in [0.717, 1.165) is 21.9 Å². The monoisotopic (exact) mass is 639 g/mol. The number of benzene rings is 4. The Bertz CT molecular complexity index is 1690. The summed E-state index contributed by atoms with van der Waals surface area (Å²) in [5, 5.41) is 4.79. The van der Waals surface area contributed by atoms with Crippen molar-refractivity contribution in [2.24, 2.45) is 0 Å². The van der Waals surface area contributed by atoms with E-state index >= 15 is 0 Å². The van der Waals surface area contributed by atoms with Crippen molar-refractivity contribution in [2.45, 2.75) is 63.5 Å². The first-order valence-corrected chi connectivity index (χ1v) is 15.5. The second kappa shape index (κ2) is 14.8. The molecule has 2 aliphatic heterocycles. The molecule has 11 heteroatoms. The summed E-state index contributed by atoms with van der Waals surface area (Å²) >= 11 is 0. The topological polar surface area (TPSA) is 133 Å². The lowest BCUT2D eigenvalue weighted by atomic mass is 9.95. The molecule has 0 aliphatic carbocycles. The number of ether oxygens (including phenoxy) is 5. The molecule has 2 saturated heterocycles. The Morgan fingerprint density at radius 3 is 2.30 bits per heavy atom. The molecular weight excluding hydrogens is 602 g/mol. The Morgan fingerprint density at radius 2 is 1.55 bits per heavy atom. The zero-order chi connectivity index (χ0) is 32.8. The predicted octanol–water partition coefficient (Wildman–Crippen LogP) is 3.94. The summed E-state index contributed by atoms with van der Waals surface area (Å²) < 4.78 is 31.3. The van der Waals surface area contributed by atoms with Crippen molar-refractivity contribution >= 4 is 28.5 Å². The van der Waals surface area contributed by atoms with Crippen LogP contribution in [-0.4, -0.2) is 61.1 Å². The number of carbonyl (C=O) groups is 3. The van der Waals surface area contributed by atoms with Crippen molar-refractivity contribution in [2.75, 3.05) is 6.61 Å². The molecule has 0 bridgehead atoms. The molecule has 0 radical (unpaired) electrons. The SMILES string of the molecule is CC(=O)N[C@H]1[C@@H](OCc2ccccc2)O[C@@H]2CO[C@H](c3ccccc3)O[C@H]2[C@@H]1OC(C)C(=O)NNC(=O)c1ccc2ccccc2c1. The summed E-state index contributed by atoms with van der Waals surface area (Å²) in [6, 6.07) is 31.1. The van der Waals surface area contributed by atoms with Crippen molar-refractivity contribution in [3.8, 4) is 0 Å². The molecule has 2 fully saturated rings. The van der Waals surface area contributed by atoms with Gasteiger partial charge in [0.2, 0.25) is 5.91 Å². The fourth-order valence-electron chi connectivity index (χ4n) is 5.72. The van der Waals surface area contributed by atoms with Crippen LogP contribution in [0.25, 0.3) is 10.8 Å². The van der Waals surface area contributed by atoms with Gasteiger partial charge in [-0.3, -0.25) is 25.2 Å². The smallest absolute Gasteiger partial charge is 0.269 e. The van der Waals surface area contributed by atoms with Crippen LogP contribution in [0.2, 0.25) is 0 Å². The van der Waals surface area contributed by atoms with Crippen molar-refractivity contribution in [3.05, 3.63) is 120 Å². The Labute approximate surface area is 272 Å². The van der Waals surface area contributed by atoms with Crippen LogP contribution in [0.15, 0.2) is 103 Å². The number of hydrogen-bond acceptors (Lipinski definition) is 8. The molecule has 4 aromatic carbocycles. The van der Waals surface area contributed by atoms with Crippen LogP contribution in [0.4, 0.5) is 0 Å². The van der Waals surface area contributed by atoms with Gasteiger partial charge in [0, 0.05) is 18.1 Å². The maximum absolute atomic E-state index is 13.3. The number of fused-ring (bicyclic) bond motifs is 2. The first kappa shape index (κ1) is 32.3. The second-order valence-electron chi connectivity index (χ2n) is 11.5. The minimum atomic E-state index is -1.08. The third kappa shape index (κ3) is 7.84. The van der Waals surface area contributed by atoms with E-state index in [0.29, 0.717) is 5.56 Å². The van der Waals surface area contributed by atoms with Gasteiger partial charge < -0.3 is 29.0 Å². The van der Waals surface area contributed by atoms with Gasteiger partial charge >= 0.3 is 0 Å². The van der Waals surface area contributed by atoms with Crippen LogP contribution in [-0.2, 0) is 39.9 Å². The van der Waals surface area contributed by atoms with E-state index in [1.165, 1.54) is 6.92 Å². The second-order valence-corrected chi connectivity index (χ2v) is 11.5. The Morgan fingerprint density at radius 1 is 0.851 bits per heavy atom. The summed E-state index contributed by atoms with van der Waals surface area (Å²) in [5.41, 5.74) is 7.02. The highest BCUT2D eigenvalue weighted by atomic mass is 16.8. The highest BCUT2D eigenvalue weighted by Gasteiger charge is 2.52. The minimum absolute atomic E-state index is 0.157. The van der Waals surface area contributed by atoms with E-state index in [1.807, 2.05) is 91.0 Å². The number of nitrogens with one attached hydrogen (secondary N) is 3. The van der Waals surface area contributed by atoms with Crippen LogP contribution in [0.1, 0.15) is 41.6 Å². The molecule has 6 rings (SSSR count). The van der Waals surface area contributed by atoms with E-state index in [4.69, 9.17) is 23.7 Å². The number of rotatable bonds is 9. The third-order valence-corrected chi connectivity index (χ3v) is 8.08. The largest absolute Gasteiger partial charge is 0.360 e. The molecule has 2 aliphatic rings. The van der Waals surface area contributed by atoms with Crippen LogP contribution < -0.4 is 16.2 Å². The van der Waals surface area contributed by atoms with Gasteiger partial charge in [-0.15, -0.1) is 0 Å². The molecule has 0 spiro atoms. The quantitative estimate of drug-likeness (QED) is 0.235. The summed E-state index contributed by atoms with van der Waals surface area (Å²) in [4.78, 5) is 38.6. The molecule has 3 amide bonds. The predicted molar refractivity (Wildman–Crippen MR) is 171 cm³/mol. The normalized spacial score (nSPS) is 24.5. The molecule has 3 N–H and O–H groups in total. The average molecular weight is 640 g/mol. The average Bonchev–Trinajstić information content (AvgIpc) is 3.10. The highest BCUT2D eigenvalue weighted by Crippen LogP contribution is 2.36. The minimum Gasteiger partial charge on any atom is -0.360 e. The van der Waals surface area contributed by atoms with Gasteiger partial charge in [-0.25, -0.2) is 0 Å². The third-order valence-electron chi connectivity index (χ3n) is 8.08. The molecular formula is C36H37N3O8. The lowest BCUT2D eigenvalue weighted by Crippen LogP contribution is -2.68. The van der Waals surface area contributed by atoms with E-state index in [1.54, 1.807) is 19.1 Å². The van der Waals surface area contributed by atoms with E-state index < -0.39 is 54.9 Å². The van der Waals surface area contributed by atoms with Crippen LogP contribution in [0, 0.1) is 0 Å². The summed E-state index contributed by atoms with van der Waals surface area (Å²) in [6.45, 7) is 3.30. The molecule has 7 atom stereocenters. The maximum Gasteiger partial charge on any atom is 0.269 e. The maximum atomic E-state index is 13.3. The molecule has 1 unspecified atom stereocenters. The fourth-order valence-corrected chi connectivity index (χ4v) is 5.72. The highest BCUT2D eigenvalue weighted by molar-refractivity contribution is 5.99. The van der Waals surface area contributed by atoms with Crippen LogP contribution in [0.5, 0.6) is 0 Å². The summed E-state index contributed by atoms with van der Waals surface area (Å²) in [6.07, 6.45) is -5.03. The first-order chi connectivity index (χ1) is 22.9. The van der Waals surface area contributed by atoms with Gasteiger partial charge in [-0.2, -0.15) is 0 Å².